The third-order valence-electron chi connectivity index (χ3n) is 2.92. The SMILES string of the molecule is CN(CCN1CC(CBr)CC1=O)C(=O)OC(C)(C)C. The van der Waals surface area contributed by atoms with Gasteiger partial charge in [-0.3, -0.25) is 4.79 Å². The van der Waals surface area contributed by atoms with Gasteiger partial charge in [-0.15, -0.1) is 0 Å². The lowest BCUT2D eigenvalue weighted by Gasteiger charge is -2.26. The summed E-state index contributed by atoms with van der Waals surface area (Å²) < 4.78 is 5.26. The van der Waals surface area contributed by atoms with Gasteiger partial charge in [-0.25, -0.2) is 4.79 Å². The summed E-state index contributed by atoms with van der Waals surface area (Å²) in [5.74, 6) is 0.557. The summed E-state index contributed by atoms with van der Waals surface area (Å²) in [6, 6.07) is 0. The molecule has 0 bridgehead atoms. The molecule has 0 spiro atoms. The second kappa shape index (κ2) is 6.59. The highest BCUT2D eigenvalue weighted by Gasteiger charge is 2.29. The molecule has 1 atom stereocenters. The normalized spacial score (nSPS) is 19.7. The smallest absolute Gasteiger partial charge is 0.410 e. The van der Waals surface area contributed by atoms with Crippen molar-refractivity contribution in [2.45, 2.75) is 32.8 Å². The van der Waals surface area contributed by atoms with Gasteiger partial charge in [0.1, 0.15) is 5.60 Å². The fourth-order valence-electron chi connectivity index (χ4n) is 1.88. The molecule has 1 unspecified atom stereocenters. The van der Waals surface area contributed by atoms with Gasteiger partial charge in [-0.05, 0) is 26.7 Å². The van der Waals surface area contributed by atoms with Gasteiger partial charge in [0.15, 0.2) is 0 Å². The number of hydrogen-bond acceptors (Lipinski definition) is 3. The average Bonchev–Trinajstić information content (AvgIpc) is 2.64. The molecule has 6 heteroatoms. The topological polar surface area (TPSA) is 49.9 Å². The lowest BCUT2D eigenvalue weighted by Crippen LogP contribution is -2.39. The first kappa shape index (κ1) is 16.3. The first-order chi connectivity index (χ1) is 8.73. The Bertz CT molecular complexity index is 341. The summed E-state index contributed by atoms with van der Waals surface area (Å²) >= 11 is 3.40. The highest BCUT2D eigenvalue weighted by molar-refractivity contribution is 9.09. The van der Waals surface area contributed by atoms with Crippen molar-refractivity contribution in [3.8, 4) is 0 Å². The number of halogens is 1. The molecule has 1 rings (SSSR count). The lowest BCUT2D eigenvalue weighted by atomic mass is 10.2. The van der Waals surface area contributed by atoms with Gasteiger partial charge >= 0.3 is 6.09 Å². The predicted octanol–water partition coefficient (Wildman–Crippen LogP) is 2.10. The molecule has 1 aliphatic rings. The number of ether oxygens (including phenoxy) is 1. The zero-order chi connectivity index (χ0) is 14.6. The molecule has 19 heavy (non-hydrogen) atoms. The number of amides is 2. The Kier molecular flexibility index (Phi) is 5.64. The molecule has 0 aromatic heterocycles. The van der Waals surface area contributed by atoms with Crippen molar-refractivity contribution in [1.82, 2.24) is 9.80 Å². The maximum absolute atomic E-state index is 11.8. The number of likely N-dealkylation sites (N-methyl/N-ethyl adjacent to an activating group) is 1. The van der Waals surface area contributed by atoms with E-state index in [-0.39, 0.29) is 12.0 Å². The average molecular weight is 335 g/mol. The molecule has 0 N–H and O–H groups in total. The van der Waals surface area contributed by atoms with E-state index in [1.54, 1.807) is 7.05 Å². The number of rotatable bonds is 4. The predicted molar refractivity (Wildman–Crippen MR) is 77.3 cm³/mol. The van der Waals surface area contributed by atoms with E-state index in [1.165, 1.54) is 4.90 Å². The minimum atomic E-state index is -0.490. The molecule has 2 amide bonds. The summed E-state index contributed by atoms with van der Waals surface area (Å²) in [6.07, 6.45) is 0.248. The van der Waals surface area contributed by atoms with Crippen LogP contribution in [0.3, 0.4) is 0 Å². The summed E-state index contributed by atoms with van der Waals surface area (Å²) in [6.45, 7) is 7.34. The van der Waals surface area contributed by atoms with Gasteiger partial charge < -0.3 is 14.5 Å². The number of nitrogens with zero attached hydrogens (tertiary/aromatic N) is 2. The van der Waals surface area contributed by atoms with E-state index in [9.17, 15) is 9.59 Å². The van der Waals surface area contributed by atoms with E-state index in [4.69, 9.17) is 4.74 Å². The number of alkyl halides is 1. The minimum Gasteiger partial charge on any atom is -0.444 e. The monoisotopic (exact) mass is 334 g/mol. The van der Waals surface area contributed by atoms with Gasteiger partial charge in [-0.1, -0.05) is 15.9 Å². The van der Waals surface area contributed by atoms with Crippen molar-refractivity contribution in [1.29, 1.82) is 0 Å². The molecule has 0 radical (unpaired) electrons. The van der Waals surface area contributed by atoms with Gasteiger partial charge in [0.2, 0.25) is 5.91 Å². The van der Waals surface area contributed by atoms with Crippen LogP contribution in [0.2, 0.25) is 0 Å². The van der Waals surface area contributed by atoms with Crippen LogP contribution >= 0.6 is 15.9 Å². The standard InChI is InChI=1S/C13H23BrN2O3/c1-13(2,3)19-12(18)15(4)5-6-16-9-10(8-14)7-11(16)17/h10H,5-9H2,1-4H3. The van der Waals surface area contributed by atoms with Crippen molar-refractivity contribution in [3.63, 3.8) is 0 Å². The summed E-state index contributed by atoms with van der Waals surface area (Å²) in [4.78, 5) is 26.8. The van der Waals surface area contributed by atoms with Crippen molar-refractivity contribution in [3.05, 3.63) is 0 Å². The summed E-state index contributed by atoms with van der Waals surface area (Å²) in [5.41, 5.74) is -0.490. The van der Waals surface area contributed by atoms with E-state index < -0.39 is 5.60 Å². The molecule has 5 nitrogen and oxygen atoms in total. The third-order valence-corrected chi connectivity index (χ3v) is 3.84. The molecule has 0 saturated carbocycles. The van der Waals surface area contributed by atoms with Crippen LogP contribution in [0.5, 0.6) is 0 Å². The maximum atomic E-state index is 11.8. The Balaban J connectivity index is 2.36. The van der Waals surface area contributed by atoms with Crippen molar-refractivity contribution < 1.29 is 14.3 Å². The van der Waals surface area contributed by atoms with Crippen molar-refractivity contribution in [2.24, 2.45) is 5.92 Å². The number of carbonyl (C=O) groups excluding carboxylic acids is 2. The Morgan fingerprint density at radius 2 is 2.16 bits per heavy atom. The zero-order valence-corrected chi connectivity index (χ0v) is 13.7. The minimum absolute atomic E-state index is 0.169. The molecule has 0 aromatic carbocycles. The first-order valence-corrected chi connectivity index (χ1v) is 7.63. The zero-order valence-electron chi connectivity index (χ0n) is 12.1. The summed E-state index contributed by atoms with van der Waals surface area (Å²) in [7, 11) is 1.69. The second-order valence-corrected chi connectivity index (χ2v) is 6.61. The van der Waals surface area contributed by atoms with E-state index >= 15 is 0 Å². The van der Waals surface area contributed by atoms with E-state index in [0.29, 0.717) is 25.4 Å². The van der Waals surface area contributed by atoms with Crippen LogP contribution in [0.25, 0.3) is 0 Å². The Morgan fingerprint density at radius 1 is 1.53 bits per heavy atom. The Hall–Kier alpha value is -0.780. The fourth-order valence-corrected chi connectivity index (χ4v) is 2.31. The van der Waals surface area contributed by atoms with Crippen molar-refractivity contribution >= 4 is 27.9 Å². The van der Waals surface area contributed by atoms with Crippen molar-refractivity contribution in [2.75, 3.05) is 32.0 Å². The van der Waals surface area contributed by atoms with E-state index in [0.717, 1.165) is 11.9 Å². The largest absolute Gasteiger partial charge is 0.444 e. The number of hydrogen-bond donors (Lipinski definition) is 0. The first-order valence-electron chi connectivity index (χ1n) is 6.51. The van der Waals surface area contributed by atoms with Crippen LogP contribution in [0.1, 0.15) is 27.2 Å². The molecule has 1 heterocycles. The fraction of sp³-hybridized carbons (Fsp3) is 0.846. The molecule has 0 aliphatic carbocycles. The van der Waals surface area contributed by atoms with Gasteiger partial charge in [0.05, 0.1) is 0 Å². The quantitative estimate of drug-likeness (QED) is 0.740. The molecule has 110 valence electrons. The van der Waals surface area contributed by atoms with Crippen LogP contribution in [0.15, 0.2) is 0 Å². The van der Waals surface area contributed by atoms with E-state index in [2.05, 4.69) is 15.9 Å². The van der Waals surface area contributed by atoms with Crippen LogP contribution in [0.4, 0.5) is 4.79 Å². The lowest BCUT2D eigenvalue weighted by molar-refractivity contribution is -0.127. The molecule has 1 aliphatic heterocycles. The molecule has 0 aromatic rings. The highest BCUT2D eigenvalue weighted by atomic mass is 79.9. The molecule has 1 saturated heterocycles. The Morgan fingerprint density at radius 3 is 2.63 bits per heavy atom. The van der Waals surface area contributed by atoms with E-state index in [1.807, 2.05) is 25.7 Å². The van der Waals surface area contributed by atoms with Gasteiger partial charge in [-0.2, -0.15) is 0 Å². The van der Waals surface area contributed by atoms with Crippen LogP contribution in [0, 0.1) is 5.92 Å². The van der Waals surface area contributed by atoms with Gasteiger partial charge in [0, 0.05) is 38.4 Å². The van der Waals surface area contributed by atoms with Crippen LogP contribution in [-0.2, 0) is 9.53 Å². The highest BCUT2D eigenvalue weighted by Crippen LogP contribution is 2.19. The second-order valence-electron chi connectivity index (χ2n) is 5.97. The molecule has 1 fully saturated rings. The number of carbonyl (C=O) groups is 2. The molecular weight excluding hydrogens is 312 g/mol. The number of likely N-dealkylation sites (tertiary alicyclic amines) is 1. The maximum Gasteiger partial charge on any atom is 0.410 e. The third kappa shape index (κ3) is 5.38. The van der Waals surface area contributed by atoms with Gasteiger partial charge in [0.25, 0.3) is 0 Å². The van der Waals surface area contributed by atoms with Crippen LogP contribution in [-0.4, -0.2) is 59.4 Å². The van der Waals surface area contributed by atoms with Crippen LogP contribution < -0.4 is 0 Å². The Labute approximate surface area is 123 Å². The summed E-state index contributed by atoms with van der Waals surface area (Å²) in [5, 5.41) is 0.844. The molecular formula is C13H23BrN2O3.